The van der Waals surface area contributed by atoms with Crippen LogP contribution in [0.2, 0.25) is 5.02 Å². The lowest BCUT2D eigenvalue weighted by molar-refractivity contribution is -0.140. The van der Waals surface area contributed by atoms with E-state index in [1.807, 2.05) is 12.1 Å². The van der Waals surface area contributed by atoms with E-state index in [9.17, 15) is 14.4 Å². The van der Waals surface area contributed by atoms with Crippen LogP contribution in [0.4, 0.5) is 0 Å². The van der Waals surface area contributed by atoms with Crippen LogP contribution in [0.15, 0.2) is 92.4 Å². The van der Waals surface area contributed by atoms with E-state index in [1.54, 1.807) is 55.5 Å². The number of hydrogen-bond acceptors (Lipinski definition) is 9. The first-order valence-electron chi connectivity index (χ1n) is 12.2. The summed E-state index contributed by atoms with van der Waals surface area (Å²) in [7, 11) is 1.51. The Morgan fingerprint density at radius 1 is 1.07 bits per heavy atom. The molecule has 0 saturated heterocycles. The van der Waals surface area contributed by atoms with E-state index in [4.69, 9.17) is 30.2 Å². The van der Waals surface area contributed by atoms with Gasteiger partial charge >= 0.3 is 11.9 Å². The molecule has 2 aromatic carbocycles. The quantitative estimate of drug-likeness (QED) is 0.177. The smallest absolute Gasteiger partial charge is 0.379 e. The molecular weight excluding hydrogens is 556 g/mol. The van der Waals surface area contributed by atoms with Crippen molar-refractivity contribution in [2.75, 3.05) is 20.3 Å². The zero-order valence-electron chi connectivity index (χ0n) is 21.5. The summed E-state index contributed by atoms with van der Waals surface area (Å²) in [6.45, 7) is 1.97. The number of carbonyl (C=O) groups excluding carboxylic acids is 2. The molecule has 204 valence electrons. The number of nitrogens with zero attached hydrogens (tertiary/aromatic N) is 2. The SMILES string of the molecule is COCCOC(=O)C1=C(C)N=c2s/c(=C/c3ccc(Cl)cc3)c(=O)n2C1c1ccc(OC(=O)c2ccco2)cc1. The molecule has 0 fully saturated rings. The number of allylic oxidation sites excluding steroid dienone is 1. The normalized spacial score (nSPS) is 15.0. The van der Waals surface area contributed by atoms with E-state index >= 15 is 0 Å². The number of esters is 2. The molecule has 2 aromatic heterocycles. The molecule has 0 aliphatic carbocycles. The number of aromatic nitrogens is 1. The average Bonchev–Trinajstić information content (AvgIpc) is 3.59. The minimum absolute atomic E-state index is 0.0431. The summed E-state index contributed by atoms with van der Waals surface area (Å²) in [6.07, 6.45) is 3.13. The third-order valence-electron chi connectivity index (χ3n) is 6.06. The fourth-order valence-electron chi connectivity index (χ4n) is 4.17. The summed E-state index contributed by atoms with van der Waals surface area (Å²) in [5.74, 6) is -0.920. The monoisotopic (exact) mass is 578 g/mol. The molecule has 9 nitrogen and oxygen atoms in total. The number of furan rings is 1. The Morgan fingerprint density at radius 2 is 1.82 bits per heavy atom. The topological polar surface area (TPSA) is 109 Å². The summed E-state index contributed by atoms with van der Waals surface area (Å²) < 4.78 is 22.8. The van der Waals surface area contributed by atoms with Crippen LogP contribution in [0.3, 0.4) is 0 Å². The standard InChI is InChI=1S/C29H23ClN2O7S/c1-17-24(28(35)38-15-14-36-2)25(19-7-11-21(12-8-19)39-27(34)22-4-3-13-37-22)32-26(33)23(40-29(32)31-17)16-18-5-9-20(30)10-6-18/h3-13,16,25H,14-15H2,1-2H3/b23-16+. The molecule has 0 radical (unpaired) electrons. The maximum atomic E-state index is 13.7. The average molecular weight is 579 g/mol. The lowest BCUT2D eigenvalue weighted by Gasteiger charge is -2.25. The summed E-state index contributed by atoms with van der Waals surface area (Å²) >= 11 is 7.22. The van der Waals surface area contributed by atoms with Crippen molar-refractivity contribution in [1.82, 2.24) is 4.57 Å². The van der Waals surface area contributed by atoms with Gasteiger partial charge in [-0.15, -0.1) is 0 Å². The van der Waals surface area contributed by atoms with Crippen molar-refractivity contribution < 1.29 is 28.2 Å². The highest BCUT2D eigenvalue weighted by Gasteiger charge is 2.33. The van der Waals surface area contributed by atoms with E-state index in [2.05, 4.69) is 4.99 Å². The Balaban J connectivity index is 1.56. The Kier molecular flexibility index (Phi) is 8.11. The number of thiazole rings is 1. The minimum atomic E-state index is -0.825. The van der Waals surface area contributed by atoms with Gasteiger partial charge in [-0.3, -0.25) is 9.36 Å². The molecule has 3 heterocycles. The van der Waals surface area contributed by atoms with E-state index in [0.29, 0.717) is 25.6 Å². The number of fused-ring (bicyclic) bond motifs is 1. The second-order valence-electron chi connectivity index (χ2n) is 8.70. The van der Waals surface area contributed by atoms with Gasteiger partial charge < -0.3 is 18.6 Å². The van der Waals surface area contributed by atoms with Crippen molar-refractivity contribution in [3.05, 3.63) is 120 Å². The maximum Gasteiger partial charge on any atom is 0.379 e. The largest absolute Gasteiger partial charge is 0.460 e. The number of halogens is 1. The minimum Gasteiger partial charge on any atom is -0.460 e. The number of ether oxygens (including phenoxy) is 3. The van der Waals surface area contributed by atoms with Crippen LogP contribution in [-0.2, 0) is 14.3 Å². The highest BCUT2D eigenvalue weighted by molar-refractivity contribution is 7.07. The predicted octanol–water partition coefficient (Wildman–Crippen LogP) is 3.89. The van der Waals surface area contributed by atoms with Gasteiger partial charge in [0.05, 0.1) is 34.7 Å². The van der Waals surface area contributed by atoms with Crippen LogP contribution in [0.1, 0.15) is 34.6 Å². The molecule has 40 heavy (non-hydrogen) atoms. The number of hydrogen-bond donors (Lipinski definition) is 0. The highest BCUT2D eigenvalue weighted by atomic mass is 35.5. The van der Waals surface area contributed by atoms with E-state index in [-0.39, 0.29) is 35.9 Å². The number of methoxy groups -OCH3 is 1. The summed E-state index contributed by atoms with van der Waals surface area (Å²) in [4.78, 5) is 44.3. The highest BCUT2D eigenvalue weighted by Crippen LogP contribution is 2.31. The number of benzene rings is 2. The predicted molar refractivity (Wildman–Crippen MR) is 148 cm³/mol. The lowest BCUT2D eigenvalue weighted by atomic mass is 9.96. The lowest BCUT2D eigenvalue weighted by Crippen LogP contribution is -2.40. The summed E-state index contributed by atoms with van der Waals surface area (Å²) in [5, 5.41) is 0.587. The van der Waals surface area contributed by atoms with Gasteiger partial charge in [-0.05, 0) is 60.5 Å². The van der Waals surface area contributed by atoms with Crippen LogP contribution in [0.5, 0.6) is 5.75 Å². The van der Waals surface area contributed by atoms with E-state index in [0.717, 1.165) is 5.56 Å². The van der Waals surface area contributed by atoms with Crippen molar-refractivity contribution in [2.45, 2.75) is 13.0 Å². The van der Waals surface area contributed by atoms with Gasteiger partial charge in [0.2, 0.25) is 5.76 Å². The first kappa shape index (κ1) is 27.3. The molecule has 0 saturated carbocycles. The molecule has 0 bridgehead atoms. The summed E-state index contributed by atoms with van der Waals surface area (Å²) in [6, 6.07) is 15.9. The van der Waals surface area contributed by atoms with Crippen molar-refractivity contribution in [3.63, 3.8) is 0 Å². The zero-order valence-corrected chi connectivity index (χ0v) is 23.0. The second kappa shape index (κ2) is 11.9. The fraction of sp³-hybridized carbons (Fsp3) is 0.172. The van der Waals surface area contributed by atoms with E-state index in [1.165, 1.54) is 35.3 Å². The molecule has 0 spiro atoms. The van der Waals surface area contributed by atoms with Gasteiger partial charge in [-0.1, -0.05) is 47.2 Å². The number of rotatable bonds is 8. The molecule has 1 unspecified atom stereocenters. The number of carbonyl (C=O) groups is 2. The molecule has 1 aliphatic heterocycles. The van der Waals surface area contributed by atoms with Crippen LogP contribution < -0.4 is 19.6 Å². The molecule has 5 rings (SSSR count). The third kappa shape index (κ3) is 5.69. The van der Waals surface area contributed by atoms with Crippen LogP contribution in [0.25, 0.3) is 6.08 Å². The zero-order chi connectivity index (χ0) is 28.2. The summed E-state index contributed by atoms with van der Waals surface area (Å²) in [5.41, 5.74) is 1.74. The van der Waals surface area contributed by atoms with Gasteiger partial charge in [-0.25, -0.2) is 14.6 Å². The molecular formula is C29H23ClN2O7S. The molecule has 4 aromatic rings. The fourth-order valence-corrected chi connectivity index (χ4v) is 5.35. The second-order valence-corrected chi connectivity index (χ2v) is 10.1. The van der Waals surface area contributed by atoms with Gasteiger partial charge in [-0.2, -0.15) is 0 Å². The molecule has 1 atom stereocenters. The van der Waals surface area contributed by atoms with Crippen LogP contribution in [0, 0.1) is 0 Å². The van der Waals surface area contributed by atoms with E-state index < -0.39 is 18.0 Å². The third-order valence-corrected chi connectivity index (χ3v) is 7.29. The van der Waals surface area contributed by atoms with Crippen LogP contribution >= 0.6 is 22.9 Å². The van der Waals surface area contributed by atoms with Gasteiger partial charge in [0.25, 0.3) is 5.56 Å². The van der Waals surface area contributed by atoms with Crippen LogP contribution in [-0.4, -0.2) is 36.8 Å². The van der Waals surface area contributed by atoms with Gasteiger partial charge in [0, 0.05) is 12.1 Å². The molecule has 0 amide bonds. The first-order chi connectivity index (χ1) is 19.4. The Labute approximate surface area is 237 Å². The Morgan fingerprint density at radius 3 is 2.50 bits per heavy atom. The molecule has 11 heteroatoms. The van der Waals surface area contributed by atoms with Crippen molar-refractivity contribution in [2.24, 2.45) is 4.99 Å². The van der Waals surface area contributed by atoms with Crippen molar-refractivity contribution in [3.8, 4) is 5.75 Å². The Hall–Kier alpha value is -4.25. The van der Waals surface area contributed by atoms with Crippen molar-refractivity contribution >= 4 is 41.0 Å². The van der Waals surface area contributed by atoms with Crippen molar-refractivity contribution in [1.29, 1.82) is 0 Å². The Bertz CT molecular complexity index is 1750. The first-order valence-corrected chi connectivity index (χ1v) is 13.3. The maximum absolute atomic E-state index is 13.7. The van der Waals surface area contributed by atoms with Gasteiger partial charge in [0.15, 0.2) is 4.80 Å². The molecule has 0 N–H and O–H groups in total. The van der Waals surface area contributed by atoms with Gasteiger partial charge in [0.1, 0.15) is 12.4 Å². The molecule has 1 aliphatic rings.